The van der Waals surface area contributed by atoms with E-state index in [0.29, 0.717) is 0 Å². The first-order valence-corrected chi connectivity index (χ1v) is 13.0. The highest BCUT2D eigenvalue weighted by Gasteiger charge is 2.58. The van der Waals surface area contributed by atoms with Crippen molar-refractivity contribution in [2.45, 2.75) is 58.2 Å². The second-order valence-electron chi connectivity index (χ2n) is 10.6. The monoisotopic (exact) mass is 522 g/mol. The van der Waals surface area contributed by atoms with Gasteiger partial charge in [0.2, 0.25) is 5.91 Å². The Labute approximate surface area is 222 Å². The van der Waals surface area contributed by atoms with Crippen LogP contribution in [0.2, 0.25) is 0 Å². The number of likely N-dealkylation sites (N-methyl/N-ethyl adjacent to an activating group) is 1. The van der Waals surface area contributed by atoms with Gasteiger partial charge in [-0.2, -0.15) is 0 Å². The Bertz CT molecular complexity index is 1240. The van der Waals surface area contributed by atoms with Gasteiger partial charge < -0.3 is 15.1 Å². The molecule has 2 fully saturated rings. The van der Waals surface area contributed by atoms with E-state index in [0.717, 1.165) is 11.1 Å². The van der Waals surface area contributed by atoms with E-state index in [2.05, 4.69) is 5.32 Å². The second kappa shape index (κ2) is 10.6. The first kappa shape index (κ1) is 27.3. The summed E-state index contributed by atoms with van der Waals surface area (Å²) in [6.45, 7) is 7.81. The number of piperidine rings is 1. The second-order valence-corrected chi connectivity index (χ2v) is 10.6. The number of rotatable bonds is 6. The fourth-order valence-corrected chi connectivity index (χ4v) is 5.56. The molecule has 0 bridgehead atoms. The molecule has 1 N–H and O–H groups in total. The molecule has 2 aliphatic heterocycles. The van der Waals surface area contributed by atoms with E-state index in [1.165, 1.54) is 24.1 Å². The minimum atomic E-state index is -1.04. The van der Waals surface area contributed by atoms with Gasteiger partial charge in [0.1, 0.15) is 17.4 Å². The number of aryl methyl sites for hydroxylation is 1. The molecule has 2 saturated heterocycles. The Kier molecular flexibility index (Phi) is 7.58. The zero-order chi connectivity index (χ0) is 27.8. The number of urea groups is 1. The Balaban J connectivity index is 1.52. The Morgan fingerprint density at radius 2 is 1.63 bits per heavy atom. The van der Waals surface area contributed by atoms with E-state index in [4.69, 9.17) is 0 Å². The minimum Gasteiger partial charge on any atom is -0.341 e. The van der Waals surface area contributed by atoms with Gasteiger partial charge in [-0.15, -0.1) is 0 Å². The smallest absolute Gasteiger partial charge is 0.327 e. The van der Waals surface area contributed by atoms with Crippen LogP contribution in [0.4, 0.5) is 9.18 Å². The Morgan fingerprint density at radius 3 is 2.24 bits per heavy atom. The standard InChI is InChI=1S/C29H35FN4O4/c1-18(2)24(31-25(35)22-17-19(3)11-12-23(22)30)26(36)33-15-13-29(14-16-33)27(37)32(5)28(38)34(29)20(4)21-9-7-6-8-10-21/h6-12,17-18,20,24H,13-16H2,1-5H3,(H,31,35)/t20-,24-/m1/s1. The van der Waals surface area contributed by atoms with Crippen LogP contribution in [0.15, 0.2) is 48.5 Å². The molecule has 2 heterocycles. The van der Waals surface area contributed by atoms with Gasteiger partial charge in [0.25, 0.3) is 11.8 Å². The Morgan fingerprint density at radius 1 is 1.00 bits per heavy atom. The first-order valence-electron chi connectivity index (χ1n) is 13.0. The van der Waals surface area contributed by atoms with Crippen molar-refractivity contribution in [1.82, 2.24) is 20.0 Å². The molecule has 1 spiro atoms. The lowest BCUT2D eigenvalue weighted by Gasteiger charge is -2.45. The highest BCUT2D eigenvalue weighted by molar-refractivity contribution is 6.07. The van der Waals surface area contributed by atoms with Crippen LogP contribution in [-0.2, 0) is 9.59 Å². The van der Waals surface area contributed by atoms with Gasteiger partial charge in [-0.05, 0) is 50.3 Å². The molecule has 8 nitrogen and oxygen atoms in total. The first-order chi connectivity index (χ1) is 18.0. The number of carbonyl (C=O) groups is 4. The van der Waals surface area contributed by atoms with Crippen LogP contribution in [0.5, 0.6) is 0 Å². The van der Waals surface area contributed by atoms with Crippen molar-refractivity contribution in [1.29, 1.82) is 0 Å². The maximum atomic E-state index is 14.3. The summed E-state index contributed by atoms with van der Waals surface area (Å²) in [4.78, 5) is 57.5. The summed E-state index contributed by atoms with van der Waals surface area (Å²) in [6, 6.07) is 12.3. The molecule has 2 aromatic carbocycles. The maximum absolute atomic E-state index is 14.3. The van der Waals surface area contributed by atoms with Gasteiger partial charge in [0, 0.05) is 20.1 Å². The van der Waals surface area contributed by atoms with Crippen LogP contribution < -0.4 is 5.32 Å². The zero-order valence-electron chi connectivity index (χ0n) is 22.5. The fourth-order valence-electron chi connectivity index (χ4n) is 5.56. The van der Waals surface area contributed by atoms with Gasteiger partial charge in [0.05, 0.1) is 11.6 Å². The van der Waals surface area contributed by atoms with Gasteiger partial charge in [0.15, 0.2) is 0 Å². The number of hydrogen-bond acceptors (Lipinski definition) is 4. The quantitative estimate of drug-likeness (QED) is 0.583. The number of imide groups is 1. The molecule has 0 aromatic heterocycles. The lowest BCUT2D eigenvalue weighted by molar-refractivity contribution is -0.142. The third kappa shape index (κ3) is 4.77. The summed E-state index contributed by atoms with van der Waals surface area (Å²) in [5, 5.41) is 2.72. The molecule has 2 aromatic rings. The average molecular weight is 523 g/mol. The van der Waals surface area contributed by atoms with Crippen molar-refractivity contribution in [3.8, 4) is 0 Å². The number of halogens is 1. The van der Waals surface area contributed by atoms with Crippen molar-refractivity contribution in [3.63, 3.8) is 0 Å². The van der Waals surface area contributed by atoms with Crippen molar-refractivity contribution >= 4 is 23.8 Å². The summed E-state index contributed by atoms with van der Waals surface area (Å²) >= 11 is 0. The van der Waals surface area contributed by atoms with Crippen LogP contribution in [0.1, 0.15) is 61.1 Å². The average Bonchev–Trinajstić information content (AvgIpc) is 3.08. The zero-order valence-corrected chi connectivity index (χ0v) is 22.5. The number of nitrogens with one attached hydrogen (secondary N) is 1. The lowest BCUT2D eigenvalue weighted by atomic mass is 9.84. The number of carbonyl (C=O) groups excluding carboxylic acids is 4. The van der Waals surface area contributed by atoms with Crippen LogP contribution in [0.25, 0.3) is 0 Å². The van der Waals surface area contributed by atoms with E-state index in [1.54, 1.807) is 22.8 Å². The molecule has 2 aliphatic rings. The van der Waals surface area contributed by atoms with E-state index >= 15 is 0 Å². The van der Waals surface area contributed by atoms with Crippen LogP contribution in [0, 0.1) is 18.7 Å². The summed E-state index contributed by atoms with van der Waals surface area (Å²) in [5.74, 6) is -2.09. The van der Waals surface area contributed by atoms with E-state index in [-0.39, 0.29) is 61.3 Å². The van der Waals surface area contributed by atoms with Gasteiger partial charge in [-0.3, -0.25) is 19.3 Å². The van der Waals surface area contributed by atoms with Crippen molar-refractivity contribution in [3.05, 3.63) is 71.0 Å². The SMILES string of the molecule is Cc1ccc(F)c(C(=O)N[C@@H](C(=O)N2CCC3(CC2)C(=O)N(C)C(=O)N3[C@H](C)c2ccccc2)C(C)C)c1. The molecule has 0 aliphatic carbocycles. The predicted molar refractivity (Wildman–Crippen MR) is 141 cm³/mol. The molecule has 0 saturated carbocycles. The number of amides is 5. The number of nitrogens with zero attached hydrogens (tertiary/aromatic N) is 3. The third-order valence-corrected chi connectivity index (χ3v) is 7.81. The molecule has 0 radical (unpaired) electrons. The van der Waals surface area contributed by atoms with E-state index in [1.807, 2.05) is 51.1 Å². The molecule has 0 unspecified atom stereocenters. The normalized spacial score (nSPS) is 18.8. The topological polar surface area (TPSA) is 90.0 Å². The van der Waals surface area contributed by atoms with Gasteiger partial charge in [-0.25, -0.2) is 9.18 Å². The molecular weight excluding hydrogens is 487 g/mol. The largest absolute Gasteiger partial charge is 0.341 e. The van der Waals surface area contributed by atoms with Gasteiger partial charge in [-0.1, -0.05) is 55.8 Å². The number of likely N-dealkylation sites (tertiary alicyclic amines) is 1. The fraction of sp³-hybridized carbons (Fsp3) is 0.448. The van der Waals surface area contributed by atoms with Crippen molar-refractivity contribution in [2.24, 2.45) is 5.92 Å². The highest BCUT2D eigenvalue weighted by Crippen LogP contribution is 2.42. The minimum absolute atomic E-state index is 0.107. The van der Waals surface area contributed by atoms with E-state index in [9.17, 15) is 23.6 Å². The van der Waals surface area contributed by atoms with Crippen molar-refractivity contribution < 1.29 is 23.6 Å². The van der Waals surface area contributed by atoms with E-state index < -0.39 is 23.3 Å². The van der Waals surface area contributed by atoms with Crippen LogP contribution in [0.3, 0.4) is 0 Å². The molecular formula is C29H35FN4O4. The number of hydrogen-bond donors (Lipinski definition) is 1. The lowest BCUT2D eigenvalue weighted by Crippen LogP contribution is -2.60. The molecule has 2 atom stereocenters. The summed E-state index contributed by atoms with van der Waals surface area (Å²) in [7, 11) is 1.50. The molecule has 5 amide bonds. The third-order valence-electron chi connectivity index (χ3n) is 7.81. The molecule has 4 rings (SSSR count). The molecule has 38 heavy (non-hydrogen) atoms. The summed E-state index contributed by atoms with van der Waals surface area (Å²) < 4.78 is 14.3. The molecule has 202 valence electrons. The van der Waals surface area contributed by atoms with Crippen molar-refractivity contribution in [2.75, 3.05) is 20.1 Å². The number of benzene rings is 2. The maximum Gasteiger partial charge on any atom is 0.327 e. The summed E-state index contributed by atoms with van der Waals surface area (Å²) in [6.07, 6.45) is 0.576. The Hall–Kier alpha value is -3.75. The van der Waals surface area contributed by atoms with Crippen LogP contribution in [-0.4, -0.2) is 70.2 Å². The highest BCUT2D eigenvalue weighted by atomic mass is 19.1. The predicted octanol–water partition coefficient (Wildman–Crippen LogP) is 3.90. The van der Waals surface area contributed by atoms with Gasteiger partial charge >= 0.3 is 6.03 Å². The molecule has 9 heteroatoms. The summed E-state index contributed by atoms with van der Waals surface area (Å²) in [5.41, 5.74) is 0.511. The van der Waals surface area contributed by atoms with Crippen LogP contribution >= 0.6 is 0 Å².